The van der Waals surface area contributed by atoms with E-state index in [4.69, 9.17) is 9.57 Å². The number of hydroxylamine groups is 1. The number of benzene rings is 3. The molecule has 2 saturated heterocycles. The van der Waals surface area contributed by atoms with Crippen LogP contribution in [0.25, 0.3) is 0 Å². The smallest absolute Gasteiger partial charge is 0.266 e. The monoisotopic (exact) mass is 456 g/mol. The molecular weight excluding hydrogens is 428 g/mol. The van der Waals surface area contributed by atoms with Crippen molar-refractivity contribution < 1.29 is 19.2 Å². The van der Waals surface area contributed by atoms with Crippen LogP contribution in [0.15, 0.2) is 72.8 Å². The molecule has 0 radical (unpaired) electrons. The zero-order chi connectivity index (χ0) is 23.8. The van der Waals surface area contributed by atoms with Crippen molar-refractivity contribution in [2.75, 3.05) is 16.6 Å². The van der Waals surface area contributed by atoms with Crippen LogP contribution >= 0.6 is 0 Å². The third kappa shape index (κ3) is 3.74. The van der Waals surface area contributed by atoms with E-state index in [1.165, 1.54) is 4.90 Å². The second kappa shape index (κ2) is 8.95. The number of hydrogen-bond acceptors (Lipinski definition) is 5. The highest BCUT2D eigenvalue weighted by Crippen LogP contribution is 2.48. The maximum absolute atomic E-state index is 13.8. The molecule has 0 unspecified atom stereocenters. The Balaban J connectivity index is 1.52. The molecule has 0 aromatic heterocycles. The molecule has 5 rings (SSSR count). The van der Waals surface area contributed by atoms with Crippen molar-refractivity contribution in [3.05, 3.63) is 89.5 Å². The number of aryl methyl sites for hydroxylation is 2. The Kier molecular flexibility index (Phi) is 5.84. The summed E-state index contributed by atoms with van der Waals surface area (Å²) in [6.07, 6.45) is 0.0259. The van der Waals surface area contributed by atoms with Gasteiger partial charge in [0.2, 0.25) is 5.91 Å². The standard InChI is InChI=1S/C28H28N2O4/c1-4-16-33-22-13-11-20(12-14-22)29-27(31)24-25(23-15-10-18(2)17-19(23)3)30(34-26(24)28(29)32)21-8-6-5-7-9-21/h5-15,17,24-26H,4,16H2,1-3H3/t24-,25+,26-/m1/s1. The van der Waals surface area contributed by atoms with Gasteiger partial charge in [0.15, 0.2) is 6.10 Å². The Morgan fingerprint density at radius 3 is 2.29 bits per heavy atom. The molecule has 2 aliphatic rings. The van der Waals surface area contributed by atoms with E-state index in [0.717, 1.165) is 28.8 Å². The average molecular weight is 457 g/mol. The number of para-hydroxylation sites is 1. The van der Waals surface area contributed by atoms with Crippen LogP contribution in [0.1, 0.15) is 36.1 Å². The lowest BCUT2D eigenvalue weighted by Gasteiger charge is -2.29. The second-order valence-corrected chi connectivity index (χ2v) is 8.87. The predicted molar refractivity (Wildman–Crippen MR) is 131 cm³/mol. The molecule has 3 aromatic carbocycles. The van der Waals surface area contributed by atoms with E-state index in [1.54, 1.807) is 29.3 Å². The number of rotatable bonds is 6. The molecule has 0 N–H and O–H groups in total. The van der Waals surface area contributed by atoms with Crippen LogP contribution in [-0.2, 0) is 14.4 Å². The largest absolute Gasteiger partial charge is 0.494 e. The van der Waals surface area contributed by atoms with Gasteiger partial charge < -0.3 is 4.74 Å². The average Bonchev–Trinajstić information content (AvgIpc) is 3.35. The van der Waals surface area contributed by atoms with Gasteiger partial charge in [-0.25, -0.2) is 9.96 Å². The Labute approximate surface area is 199 Å². The molecule has 3 aromatic rings. The third-order valence-corrected chi connectivity index (χ3v) is 6.44. The summed E-state index contributed by atoms with van der Waals surface area (Å²) in [6.45, 7) is 6.73. The van der Waals surface area contributed by atoms with E-state index in [9.17, 15) is 9.59 Å². The zero-order valence-corrected chi connectivity index (χ0v) is 19.6. The first-order valence-electron chi connectivity index (χ1n) is 11.7. The Morgan fingerprint density at radius 1 is 0.882 bits per heavy atom. The fraction of sp³-hybridized carbons (Fsp3) is 0.286. The number of hydrogen-bond donors (Lipinski definition) is 0. The van der Waals surface area contributed by atoms with Gasteiger partial charge in [0, 0.05) is 0 Å². The first-order valence-corrected chi connectivity index (χ1v) is 11.7. The van der Waals surface area contributed by atoms with Crippen LogP contribution in [-0.4, -0.2) is 24.5 Å². The van der Waals surface area contributed by atoms with Gasteiger partial charge in [-0.1, -0.05) is 48.9 Å². The summed E-state index contributed by atoms with van der Waals surface area (Å²) in [4.78, 5) is 34.7. The molecule has 174 valence electrons. The van der Waals surface area contributed by atoms with E-state index >= 15 is 0 Å². The van der Waals surface area contributed by atoms with Crippen LogP contribution < -0.4 is 14.7 Å². The summed E-state index contributed by atoms with van der Waals surface area (Å²) in [5, 5.41) is 1.74. The molecule has 2 amide bonds. The minimum atomic E-state index is -0.880. The van der Waals surface area contributed by atoms with E-state index in [0.29, 0.717) is 18.0 Å². The highest BCUT2D eigenvalue weighted by molar-refractivity contribution is 6.24. The van der Waals surface area contributed by atoms with Gasteiger partial charge in [-0.15, -0.1) is 0 Å². The van der Waals surface area contributed by atoms with E-state index < -0.39 is 18.1 Å². The number of carbonyl (C=O) groups excluding carboxylic acids is 2. The van der Waals surface area contributed by atoms with Crippen molar-refractivity contribution in [1.82, 2.24) is 0 Å². The SMILES string of the molecule is CCCOc1ccc(N2C(=O)[C@H]3[C@@H](ON(c4ccccc4)[C@H]3c3ccc(C)cc3C)C2=O)cc1. The van der Waals surface area contributed by atoms with Crippen LogP contribution in [0.5, 0.6) is 5.75 Å². The first kappa shape index (κ1) is 22.2. The minimum Gasteiger partial charge on any atom is -0.494 e. The number of carbonyl (C=O) groups is 2. The van der Waals surface area contributed by atoms with Crippen molar-refractivity contribution in [1.29, 1.82) is 0 Å². The Morgan fingerprint density at radius 2 is 1.62 bits per heavy atom. The van der Waals surface area contributed by atoms with Crippen molar-refractivity contribution in [3.63, 3.8) is 0 Å². The number of anilines is 2. The molecule has 6 heteroatoms. The fourth-order valence-electron chi connectivity index (χ4n) is 4.85. The van der Waals surface area contributed by atoms with E-state index in [1.807, 2.05) is 63.2 Å². The van der Waals surface area contributed by atoms with Crippen molar-refractivity contribution in [2.24, 2.45) is 5.92 Å². The molecule has 3 atom stereocenters. The van der Waals surface area contributed by atoms with Gasteiger partial charge in [0.25, 0.3) is 5.91 Å². The van der Waals surface area contributed by atoms with E-state index in [-0.39, 0.29) is 11.8 Å². The fourth-order valence-corrected chi connectivity index (χ4v) is 4.85. The van der Waals surface area contributed by atoms with Gasteiger partial charge >= 0.3 is 0 Å². The summed E-state index contributed by atoms with van der Waals surface area (Å²) >= 11 is 0. The summed E-state index contributed by atoms with van der Waals surface area (Å²) in [7, 11) is 0. The lowest BCUT2D eigenvalue weighted by Crippen LogP contribution is -2.37. The molecule has 0 spiro atoms. The topological polar surface area (TPSA) is 59.1 Å². The number of nitrogens with zero attached hydrogens (tertiary/aromatic N) is 2. The predicted octanol–water partition coefficient (Wildman–Crippen LogP) is 5.14. The molecule has 34 heavy (non-hydrogen) atoms. The molecule has 2 aliphatic heterocycles. The summed E-state index contributed by atoms with van der Waals surface area (Å²) in [6, 6.07) is 22.5. The molecule has 6 nitrogen and oxygen atoms in total. The lowest BCUT2D eigenvalue weighted by molar-refractivity contribution is -0.126. The molecule has 0 saturated carbocycles. The quantitative estimate of drug-likeness (QED) is 0.481. The number of amides is 2. The normalized spacial score (nSPS) is 21.8. The maximum Gasteiger partial charge on any atom is 0.266 e. The number of ether oxygens (including phenoxy) is 1. The summed E-state index contributed by atoms with van der Waals surface area (Å²) in [5.74, 6) is -0.527. The molecular formula is C28H28N2O4. The van der Waals surface area contributed by atoms with Gasteiger partial charge in [0.1, 0.15) is 11.7 Å². The summed E-state index contributed by atoms with van der Waals surface area (Å²) in [5.41, 5.74) is 4.53. The first-order chi connectivity index (χ1) is 16.5. The van der Waals surface area contributed by atoms with Crippen molar-refractivity contribution >= 4 is 23.2 Å². The Bertz CT molecular complexity index is 1210. The molecule has 2 fully saturated rings. The van der Waals surface area contributed by atoms with Gasteiger partial charge in [-0.3, -0.25) is 14.4 Å². The second-order valence-electron chi connectivity index (χ2n) is 8.87. The van der Waals surface area contributed by atoms with Crippen LogP contribution in [0.4, 0.5) is 11.4 Å². The van der Waals surface area contributed by atoms with Crippen LogP contribution in [0.3, 0.4) is 0 Å². The van der Waals surface area contributed by atoms with Gasteiger partial charge in [-0.2, -0.15) is 0 Å². The molecule has 2 heterocycles. The third-order valence-electron chi connectivity index (χ3n) is 6.44. The van der Waals surface area contributed by atoms with E-state index in [2.05, 4.69) is 6.07 Å². The number of fused-ring (bicyclic) bond motifs is 1. The van der Waals surface area contributed by atoms with Gasteiger partial charge in [-0.05, 0) is 67.8 Å². The lowest BCUT2D eigenvalue weighted by atomic mass is 9.87. The maximum atomic E-state index is 13.8. The highest BCUT2D eigenvalue weighted by Gasteiger charge is 2.60. The summed E-state index contributed by atoms with van der Waals surface area (Å²) < 4.78 is 5.64. The molecule has 0 aliphatic carbocycles. The zero-order valence-electron chi connectivity index (χ0n) is 19.6. The number of imide groups is 1. The Hall–Kier alpha value is -3.64. The molecule has 0 bridgehead atoms. The van der Waals surface area contributed by atoms with Crippen molar-refractivity contribution in [3.8, 4) is 5.75 Å². The minimum absolute atomic E-state index is 0.249. The van der Waals surface area contributed by atoms with Gasteiger partial charge in [0.05, 0.1) is 24.0 Å². The van der Waals surface area contributed by atoms with Crippen LogP contribution in [0.2, 0.25) is 0 Å². The van der Waals surface area contributed by atoms with Crippen molar-refractivity contribution in [2.45, 2.75) is 39.3 Å². The van der Waals surface area contributed by atoms with Crippen LogP contribution in [0, 0.1) is 19.8 Å². The highest BCUT2D eigenvalue weighted by atomic mass is 16.7.